The van der Waals surface area contributed by atoms with Crippen molar-refractivity contribution in [3.05, 3.63) is 0 Å². The molecule has 2 heterocycles. The van der Waals surface area contributed by atoms with Gasteiger partial charge in [-0.15, -0.1) is 0 Å². The highest BCUT2D eigenvalue weighted by molar-refractivity contribution is 4.93. The Morgan fingerprint density at radius 3 is 2.90 bits per heavy atom. The zero-order chi connectivity index (χ0) is 7.03. The van der Waals surface area contributed by atoms with Crippen LogP contribution in [0.3, 0.4) is 0 Å². The SMILES string of the molecule is OC1CCC2(CCNC2)O1. The Hall–Kier alpha value is -0.120. The Morgan fingerprint density at radius 2 is 2.40 bits per heavy atom. The first-order valence-electron chi connectivity index (χ1n) is 3.87. The molecule has 0 saturated carbocycles. The molecule has 0 aromatic rings. The highest BCUT2D eigenvalue weighted by Crippen LogP contribution is 2.33. The van der Waals surface area contributed by atoms with Crippen LogP contribution in [-0.4, -0.2) is 30.1 Å². The van der Waals surface area contributed by atoms with Crippen LogP contribution in [0.5, 0.6) is 0 Å². The van der Waals surface area contributed by atoms with Gasteiger partial charge in [0, 0.05) is 13.0 Å². The van der Waals surface area contributed by atoms with Crippen molar-refractivity contribution in [1.82, 2.24) is 5.32 Å². The second kappa shape index (κ2) is 2.19. The van der Waals surface area contributed by atoms with Gasteiger partial charge in [-0.2, -0.15) is 0 Å². The van der Waals surface area contributed by atoms with Gasteiger partial charge in [-0.25, -0.2) is 0 Å². The third kappa shape index (κ3) is 0.944. The molecule has 2 fully saturated rings. The van der Waals surface area contributed by atoms with Crippen LogP contribution in [0, 0.1) is 0 Å². The predicted octanol–water partition coefficient (Wildman–Crippen LogP) is -0.153. The molecule has 2 atom stereocenters. The summed E-state index contributed by atoms with van der Waals surface area (Å²) < 4.78 is 5.40. The zero-order valence-electron chi connectivity index (χ0n) is 5.97. The summed E-state index contributed by atoms with van der Waals surface area (Å²) in [5, 5.41) is 12.3. The summed E-state index contributed by atoms with van der Waals surface area (Å²) in [5.41, 5.74) is -0.000579. The van der Waals surface area contributed by atoms with Crippen LogP contribution in [0.15, 0.2) is 0 Å². The molecule has 3 heteroatoms. The minimum atomic E-state index is -0.500. The fraction of sp³-hybridized carbons (Fsp3) is 1.00. The number of aliphatic hydroxyl groups excluding tert-OH is 1. The van der Waals surface area contributed by atoms with Crippen LogP contribution in [0.25, 0.3) is 0 Å². The summed E-state index contributed by atoms with van der Waals surface area (Å²) in [4.78, 5) is 0. The van der Waals surface area contributed by atoms with Gasteiger partial charge in [-0.05, 0) is 19.4 Å². The van der Waals surface area contributed by atoms with E-state index in [2.05, 4.69) is 5.32 Å². The first-order valence-corrected chi connectivity index (χ1v) is 3.87. The quantitative estimate of drug-likeness (QED) is 0.495. The van der Waals surface area contributed by atoms with E-state index in [1.807, 2.05) is 0 Å². The maximum Gasteiger partial charge on any atom is 0.155 e. The van der Waals surface area contributed by atoms with Crippen LogP contribution in [0.1, 0.15) is 19.3 Å². The minimum absolute atomic E-state index is 0.000579. The Kier molecular flexibility index (Phi) is 1.44. The van der Waals surface area contributed by atoms with E-state index >= 15 is 0 Å². The average molecular weight is 143 g/mol. The lowest BCUT2D eigenvalue weighted by atomic mass is 10.00. The zero-order valence-corrected chi connectivity index (χ0v) is 5.97. The minimum Gasteiger partial charge on any atom is -0.368 e. The number of hydrogen-bond acceptors (Lipinski definition) is 3. The van der Waals surface area contributed by atoms with Gasteiger partial charge in [0.2, 0.25) is 0 Å². The smallest absolute Gasteiger partial charge is 0.155 e. The largest absolute Gasteiger partial charge is 0.368 e. The van der Waals surface area contributed by atoms with Crippen LogP contribution in [-0.2, 0) is 4.74 Å². The van der Waals surface area contributed by atoms with Gasteiger partial charge in [-0.3, -0.25) is 0 Å². The molecule has 2 unspecified atom stereocenters. The molecule has 2 rings (SSSR count). The Balaban J connectivity index is 2.03. The highest BCUT2D eigenvalue weighted by Gasteiger charge is 2.41. The van der Waals surface area contributed by atoms with Crippen molar-refractivity contribution in [1.29, 1.82) is 0 Å². The highest BCUT2D eigenvalue weighted by atomic mass is 16.6. The monoisotopic (exact) mass is 143 g/mol. The van der Waals surface area contributed by atoms with Crippen LogP contribution in [0.2, 0.25) is 0 Å². The van der Waals surface area contributed by atoms with E-state index in [1.165, 1.54) is 0 Å². The number of rotatable bonds is 0. The Bertz CT molecular complexity index is 132. The summed E-state index contributed by atoms with van der Waals surface area (Å²) in [7, 11) is 0. The molecule has 3 nitrogen and oxygen atoms in total. The molecular formula is C7H13NO2. The molecule has 0 bridgehead atoms. The van der Waals surface area contributed by atoms with Crippen LogP contribution in [0.4, 0.5) is 0 Å². The third-order valence-electron chi connectivity index (χ3n) is 2.44. The van der Waals surface area contributed by atoms with E-state index < -0.39 is 6.29 Å². The van der Waals surface area contributed by atoms with Crippen LogP contribution >= 0.6 is 0 Å². The summed E-state index contributed by atoms with van der Waals surface area (Å²) in [5.74, 6) is 0. The lowest BCUT2D eigenvalue weighted by Gasteiger charge is -2.20. The Morgan fingerprint density at radius 1 is 1.50 bits per heavy atom. The second-order valence-electron chi connectivity index (χ2n) is 3.22. The maximum atomic E-state index is 9.10. The molecule has 1 spiro atoms. The maximum absolute atomic E-state index is 9.10. The third-order valence-corrected chi connectivity index (χ3v) is 2.44. The van der Waals surface area contributed by atoms with Gasteiger partial charge < -0.3 is 15.2 Å². The summed E-state index contributed by atoms with van der Waals surface area (Å²) in [6.45, 7) is 1.96. The molecule has 0 aromatic carbocycles. The van der Waals surface area contributed by atoms with Gasteiger partial charge in [-0.1, -0.05) is 0 Å². The molecule has 2 saturated heterocycles. The second-order valence-corrected chi connectivity index (χ2v) is 3.22. The number of hydrogen-bond donors (Lipinski definition) is 2. The molecule has 0 amide bonds. The van der Waals surface area contributed by atoms with E-state index in [0.29, 0.717) is 0 Å². The normalized spacial score (nSPS) is 47.1. The van der Waals surface area contributed by atoms with Gasteiger partial charge in [0.1, 0.15) is 0 Å². The number of aliphatic hydroxyl groups is 1. The first kappa shape index (κ1) is 6.58. The van der Waals surface area contributed by atoms with Crippen molar-refractivity contribution in [3.63, 3.8) is 0 Å². The van der Waals surface area contributed by atoms with Crippen molar-refractivity contribution >= 4 is 0 Å². The number of ether oxygens (including phenoxy) is 1. The van der Waals surface area contributed by atoms with Crippen molar-refractivity contribution in [2.24, 2.45) is 0 Å². The summed E-state index contributed by atoms with van der Waals surface area (Å²) in [6, 6.07) is 0. The van der Waals surface area contributed by atoms with Gasteiger partial charge >= 0.3 is 0 Å². The molecule has 2 aliphatic rings. The predicted molar refractivity (Wildman–Crippen MR) is 36.5 cm³/mol. The molecule has 58 valence electrons. The lowest BCUT2D eigenvalue weighted by Crippen LogP contribution is -2.31. The molecule has 2 aliphatic heterocycles. The average Bonchev–Trinajstić information content (AvgIpc) is 2.46. The molecule has 10 heavy (non-hydrogen) atoms. The molecule has 0 aliphatic carbocycles. The van der Waals surface area contributed by atoms with Crippen LogP contribution < -0.4 is 5.32 Å². The van der Waals surface area contributed by atoms with E-state index in [-0.39, 0.29) is 5.60 Å². The van der Waals surface area contributed by atoms with Crippen molar-refractivity contribution < 1.29 is 9.84 Å². The van der Waals surface area contributed by atoms with E-state index in [4.69, 9.17) is 9.84 Å². The first-order chi connectivity index (χ1) is 4.81. The lowest BCUT2D eigenvalue weighted by molar-refractivity contribution is -0.129. The van der Waals surface area contributed by atoms with Crippen molar-refractivity contribution in [3.8, 4) is 0 Å². The van der Waals surface area contributed by atoms with Crippen molar-refractivity contribution in [2.45, 2.75) is 31.2 Å². The molecule has 0 radical (unpaired) electrons. The molecular weight excluding hydrogens is 130 g/mol. The van der Waals surface area contributed by atoms with Gasteiger partial charge in [0.25, 0.3) is 0 Å². The van der Waals surface area contributed by atoms with Gasteiger partial charge in [0.15, 0.2) is 6.29 Å². The van der Waals surface area contributed by atoms with E-state index in [1.54, 1.807) is 0 Å². The van der Waals surface area contributed by atoms with Crippen molar-refractivity contribution in [2.75, 3.05) is 13.1 Å². The topological polar surface area (TPSA) is 41.5 Å². The summed E-state index contributed by atoms with van der Waals surface area (Å²) in [6.07, 6.45) is 2.38. The molecule has 0 aromatic heterocycles. The van der Waals surface area contributed by atoms with E-state index in [9.17, 15) is 0 Å². The fourth-order valence-electron chi connectivity index (χ4n) is 1.83. The van der Waals surface area contributed by atoms with Gasteiger partial charge in [0.05, 0.1) is 5.60 Å². The number of nitrogens with one attached hydrogen (secondary N) is 1. The Labute approximate surface area is 60.4 Å². The standard InChI is InChI=1S/C7H13NO2/c9-6-1-2-7(10-6)3-4-8-5-7/h6,8-9H,1-5H2. The molecule has 2 N–H and O–H groups in total. The van der Waals surface area contributed by atoms with E-state index in [0.717, 1.165) is 32.4 Å². The summed E-state index contributed by atoms with van der Waals surface area (Å²) >= 11 is 0. The fourth-order valence-corrected chi connectivity index (χ4v) is 1.83.